The lowest BCUT2D eigenvalue weighted by Crippen LogP contribution is -2.46. The minimum atomic E-state index is -0.463. The van der Waals surface area contributed by atoms with E-state index in [2.05, 4.69) is 15.9 Å². The van der Waals surface area contributed by atoms with Crippen LogP contribution in [0.15, 0.2) is 63.8 Å². The average molecular weight is 521 g/mol. The molecule has 0 spiro atoms. The maximum atomic E-state index is 13.2. The molecule has 0 bridgehead atoms. The average Bonchev–Trinajstić information content (AvgIpc) is 2.90. The van der Waals surface area contributed by atoms with Crippen molar-refractivity contribution in [3.05, 3.63) is 81.2 Å². The number of fused-ring (bicyclic) bond motifs is 1. The molecule has 0 radical (unpaired) electrons. The van der Waals surface area contributed by atoms with E-state index in [1.165, 1.54) is 0 Å². The number of hydrogen-bond acceptors (Lipinski definition) is 7. The van der Waals surface area contributed by atoms with Crippen LogP contribution in [-0.2, 0) is 6.54 Å². The molecule has 4 aromatic rings. The number of hydrogen-bond donors (Lipinski definition) is 1. The van der Waals surface area contributed by atoms with Crippen LogP contribution in [0.3, 0.4) is 0 Å². The lowest BCUT2D eigenvalue weighted by Gasteiger charge is -2.36. The fourth-order valence-electron chi connectivity index (χ4n) is 5.00. The van der Waals surface area contributed by atoms with Gasteiger partial charge in [0.1, 0.15) is 11.3 Å². The number of aryl methyl sites for hydroxylation is 1. The molecule has 0 atom stereocenters. The van der Waals surface area contributed by atoms with Gasteiger partial charge in [-0.3, -0.25) is 4.90 Å². The SMILES string of the molecule is COc1ccc(-c2c(C)c3ccc(O)c(CN4CCN(c5cccc(Cl)c5)CC4)c3oc2=O)cc1OC. The third-order valence-corrected chi connectivity index (χ3v) is 7.25. The molecule has 1 aliphatic heterocycles. The van der Waals surface area contributed by atoms with Crippen LogP contribution in [0.1, 0.15) is 11.1 Å². The second kappa shape index (κ2) is 10.4. The molecule has 1 saturated heterocycles. The molecule has 0 amide bonds. The number of phenols is 1. The quantitative estimate of drug-likeness (QED) is 0.338. The molecule has 1 aliphatic rings. The maximum absolute atomic E-state index is 13.2. The molecule has 192 valence electrons. The first kappa shape index (κ1) is 25.0. The summed E-state index contributed by atoms with van der Waals surface area (Å²) in [4.78, 5) is 17.8. The summed E-state index contributed by atoms with van der Waals surface area (Å²) in [5.41, 5.74) is 3.60. The number of anilines is 1. The minimum Gasteiger partial charge on any atom is -0.507 e. The van der Waals surface area contributed by atoms with Gasteiger partial charge in [0.05, 0.1) is 25.3 Å². The highest BCUT2D eigenvalue weighted by molar-refractivity contribution is 6.30. The van der Waals surface area contributed by atoms with Gasteiger partial charge in [-0.15, -0.1) is 0 Å². The summed E-state index contributed by atoms with van der Waals surface area (Å²) in [7, 11) is 3.12. The predicted molar refractivity (Wildman–Crippen MR) is 146 cm³/mol. The molecule has 2 heterocycles. The highest BCUT2D eigenvalue weighted by atomic mass is 35.5. The van der Waals surface area contributed by atoms with Crippen LogP contribution >= 0.6 is 11.6 Å². The number of halogens is 1. The topological polar surface area (TPSA) is 75.4 Å². The Balaban J connectivity index is 1.45. The molecular formula is C29H29ClN2O5. The van der Waals surface area contributed by atoms with Crippen molar-refractivity contribution in [2.75, 3.05) is 45.3 Å². The summed E-state index contributed by atoms with van der Waals surface area (Å²) in [5.74, 6) is 1.23. The highest BCUT2D eigenvalue weighted by Gasteiger charge is 2.23. The van der Waals surface area contributed by atoms with Crippen molar-refractivity contribution in [3.63, 3.8) is 0 Å². The van der Waals surface area contributed by atoms with Crippen molar-refractivity contribution in [1.29, 1.82) is 0 Å². The number of ether oxygens (including phenoxy) is 2. The fourth-order valence-corrected chi connectivity index (χ4v) is 5.18. The molecule has 37 heavy (non-hydrogen) atoms. The predicted octanol–water partition coefficient (Wildman–Crippen LogP) is 5.47. The molecule has 7 nitrogen and oxygen atoms in total. The smallest absolute Gasteiger partial charge is 0.344 e. The van der Waals surface area contributed by atoms with E-state index in [4.69, 9.17) is 25.5 Å². The minimum absolute atomic E-state index is 0.117. The van der Waals surface area contributed by atoms with E-state index in [0.717, 1.165) is 47.8 Å². The molecule has 0 saturated carbocycles. The van der Waals surface area contributed by atoms with E-state index >= 15 is 0 Å². The zero-order valence-electron chi connectivity index (χ0n) is 21.1. The Bertz CT molecular complexity index is 1510. The molecule has 0 unspecified atom stereocenters. The number of rotatable bonds is 6. The van der Waals surface area contributed by atoms with Gasteiger partial charge in [-0.2, -0.15) is 0 Å². The Morgan fingerprint density at radius 3 is 2.43 bits per heavy atom. The van der Waals surface area contributed by atoms with Gasteiger partial charge in [-0.25, -0.2) is 4.79 Å². The molecule has 0 aliphatic carbocycles. The first-order valence-corrected chi connectivity index (χ1v) is 12.5. The Hall–Kier alpha value is -3.68. The van der Waals surface area contributed by atoms with Gasteiger partial charge in [-0.05, 0) is 60.5 Å². The highest BCUT2D eigenvalue weighted by Crippen LogP contribution is 2.36. The monoisotopic (exact) mass is 520 g/mol. The summed E-state index contributed by atoms with van der Waals surface area (Å²) >= 11 is 6.16. The largest absolute Gasteiger partial charge is 0.507 e. The molecular weight excluding hydrogens is 492 g/mol. The van der Waals surface area contributed by atoms with Gasteiger partial charge in [0.15, 0.2) is 11.5 Å². The first-order chi connectivity index (χ1) is 17.9. The van der Waals surface area contributed by atoms with Gasteiger partial charge in [0, 0.05) is 48.8 Å². The molecule has 3 aromatic carbocycles. The summed E-state index contributed by atoms with van der Waals surface area (Å²) in [6.07, 6.45) is 0. The normalized spacial score (nSPS) is 14.2. The molecule has 5 rings (SSSR count). The Labute approximate surface area is 220 Å². The van der Waals surface area contributed by atoms with Crippen LogP contribution in [0, 0.1) is 6.92 Å². The van der Waals surface area contributed by atoms with Crippen molar-refractivity contribution in [1.82, 2.24) is 4.90 Å². The molecule has 8 heteroatoms. The maximum Gasteiger partial charge on any atom is 0.344 e. The summed E-state index contributed by atoms with van der Waals surface area (Å²) < 4.78 is 16.6. The first-order valence-electron chi connectivity index (χ1n) is 12.1. The molecule has 1 fully saturated rings. The summed E-state index contributed by atoms with van der Waals surface area (Å²) in [6.45, 7) is 5.64. The van der Waals surface area contributed by atoms with Crippen LogP contribution in [0.4, 0.5) is 5.69 Å². The number of benzene rings is 3. The van der Waals surface area contributed by atoms with Crippen LogP contribution in [-0.4, -0.2) is 50.4 Å². The number of phenolic OH excluding ortho intramolecular Hbond substituents is 1. The van der Waals surface area contributed by atoms with Gasteiger partial charge >= 0.3 is 5.63 Å². The van der Waals surface area contributed by atoms with Crippen LogP contribution < -0.4 is 20.0 Å². The van der Waals surface area contributed by atoms with Crippen LogP contribution in [0.5, 0.6) is 17.2 Å². The van der Waals surface area contributed by atoms with Crippen molar-refractivity contribution in [3.8, 4) is 28.4 Å². The lowest BCUT2D eigenvalue weighted by molar-refractivity contribution is 0.246. The van der Waals surface area contributed by atoms with Gasteiger partial charge < -0.3 is 23.9 Å². The lowest BCUT2D eigenvalue weighted by atomic mass is 9.97. The third-order valence-electron chi connectivity index (χ3n) is 7.01. The van der Waals surface area contributed by atoms with E-state index in [1.54, 1.807) is 38.5 Å². The Kier molecular flexibility index (Phi) is 7.00. The van der Waals surface area contributed by atoms with Crippen molar-refractivity contribution in [2.24, 2.45) is 0 Å². The Morgan fingerprint density at radius 1 is 0.973 bits per heavy atom. The van der Waals surface area contributed by atoms with Crippen molar-refractivity contribution < 1.29 is 19.0 Å². The summed E-state index contributed by atoms with van der Waals surface area (Å²) in [6, 6.07) is 16.7. The number of nitrogens with zero attached hydrogens (tertiary/aromatic N) is 2. The second-order valence-electron chi connectivity index (χ2n) is 9.14. The van der Waals surface area contributed by atoms with E-state index in [9.17, 15) is 9.90 Å². The van der Waals surface area contributed by atoms with E-state index in [0.29, 0.717) is 40.3 Å². The third kappa shape index (κ3) is 4.84. The van der Waals surface area contributed by atoms with Gasteiger partial charge in [0.25, 0.3) is 0 Å². The van der Waals surface area contributed by atoms with Crippen LogP contribution in [0.25, 0.3) is 22.1 Å². The Morgan fingerprint density at radius 2 is 1.73 bits per heavy atom. The number of aromatic hydroxyl groups is 1. The van der Waals surface area contributed by atoms with E-state index in [1.807, 2.05) is 31.2 Å². The van der Waals surface area contributed by atoms with Crippen molar-refractivity contribution >= 4 is 28.3 Å². The van der Waals surface area contributed by atoms with E-state index < -0.39 is 5.63 Å². The van der Waals surface area contributed by atoms with E-state index in [-0.39, 0.29) is 5.75 Å². The second-order valence-corrected chi connectivity index (χ2v) is 9.58. The zero-order valence-corrected chi connectivity index (χ0v) is 21.8. The number of piperazine rings is 1. The standard InChI is InChI=1S/C29H29ClN2O5/c1-18-22-8-9-24(33)23(17-31-11-13-32(14-12-31)21-6-4-5-20(30)16-21)28(22)37-29(34)27(18)19-7-10-25(35-2)26(15-19)36-3/h4-10,15-16,33H,11-14,17H2,1-3H3. The fraction of sp³-hybridized carbons (Fsp3) is 0.276. The zero-order chi connectivity index (χ0) is 26.1. The van der Waals surface area contributed by atoms with Gasteiger partial charge in [0.2, 0.25) is 0 Å². The molecule has 1 N–H and O–H groups in total. The summed E-state index contributed by atoms with van der Waals surface area (Å²) in [5, 5.41) is 12.3. The van der Waals surface area contributed by atoms with Gasteiger partial charge in [-0.1, -0.05) is 23.7 Å². The van der Waals surface area contributed by atoms with Crippen LogP contribution in [0.2, 0.25) is 5.02 Å². The number of methoxy groups -OCH3 is 2. The molecule has 1 aromatic heterocycles. The van der Waals surface area contributed by atoms with Crippen molar-refractivity contribution in [2.45, 2.75) is 13.5 Å².